The van der Waals surface area contributed by atoms with E-state index in [1.165, 1.54) is 18.4 Å². The van der Waals surface area contributed by atoms with Crippen molar-refractivity contribution in [3.05, 3.63) is 22.4 Å². The number of thiophene rings is 1. The van der Waals surface area contributed by atoms with Gasteiger partial charge in [0.2, 0.25) is 0 Å². The summed E-state index contributed by atoms with van der Waals surface area (Å²) in [6.07, 6.45) is 2.50. The van der Waals surface area contributed by atoms with Gasteiger partial charge >= 0.3 is 0 Å². The highest BCUT2D eigenvalue weighted by Gasteiger charge is 2.23. The molecule has 0 spiro atoms. The Kier molecular flexibility index (Phi) is 5.50. The summed E-state index contributed by atoms with van der Waals surface area (Å²) in [5.41, 5.74) is 1.90. The van der Waals surface area contributed by atoms with E-state index in [-0.39, 0.29) is 0 Å². The molecule has 16 heavy (non-hydrogen) atoms. The van der Waals surface area contributed by atoms with E-state index in [2.05, 4.69) is 49.8 Å². The van der Waals surface area contributed by atoms with Crippen molar-refractivity contribution in [2.75, 3.05) is 13.1 Å². The van der Waals surface area contributed by atoms with Crippen LogP contribution in [0.5, 0.6) is 0 Å². The highest BCUT2D eigenvalue weighted by Crippen LogP contribution is 2.29. The Morgan fingerprint density at radius 3 is 2.62 bits per heavy atom. The second-order valence-electron chi connectivity index (χ2n) is 5.54. The summed E-state index contributed by atoms with van der Waals surface area (Å²) in [6, 6.07) is 2.25. The van der Waals surface area contributed by atoms with Crippen LogP contribution in [0.4, 0.5) is 0 Å². The molecule has 1 N–H and O–H groups in total. The lowest BCUT2D eigenvalue weighted by atomic mass is 9.77. The molecule has 0 aliphatic carbocycles. The molecule has 92 valence electrons. The fourth-order valence-electron chi connectivity index (χ4n) is 1.94. The zero-order valence-electron chi connectivity index (χ0n) is 11.0. The quantitative estimate of drug-likeness (QED) is 0.792. The van der Waals surface area contributed by atoms with Crippen molar-refractivity contribution in [2.24, 2.45) is 11.3 Å². The minimum absolute atomic E-state index is 0.401. The van der Waals surface area contributed by atoms with Gasteiger partial charge in [0.1, 0.15) is 0 Å². The van der Waals surface area contributed by atoms with Gasteiger partial charge < -0.3 is 5.32 Å². The molecule has 0 amide bonds. The van der Waals surface area contributed by atoms with Crippen molar-refractivity contribution in [1.82, 2.24) is 5.32 Å². The van der Waals surface area contributed by atoms with Crippen LogP contribution >= 0.6 is 11.3 Å². The molecule has 0 radical (unpaired) electrons. The highest BCUT2D eigenvalue weighted by atomic mass is 32.1. The molecule has 1 atom stereocenters. The summed E-state index contributed by atoms with van der Waals surface area (Å²) >= 11 is 1.80. The molecule has 2 heteroatoms. The predicted molar refractivity (Wildman–Crippen MR) is 74.1 cm³/mol. The Morgan fingerprint density at radius 1 is 1.38 bits per heavy atom. The van der Waals surface area contributed by atoms with Crippen molar-refractivity contribution in [3.8, 4) is 0 Å². The Morgan fingerprint density at radius 2 is 2.12 bits per heavy atom. The lowest BCUT2D eigenvalue weighted by molar-refractivity contribution is 0.220. The molecule has 0 aliphatic heterocycles. The van der Waals surface area contributed by atoms with Crippen LogP contribution in [0, 0.1) is 11.3 Å². The fourth-order valence-corrected chi connectivity index (χ4v) is 2.64. The molecule has 0 aromatic carbocycles. The summed E-state index contributed by atoms with van der Waals surface area (Å²) in [4.78, 5) is 0. The van der Waals surface area contributed by atoms with E-state index < -0.39 is 0 Å². The number of nitrogens with one attached hydrogen (secondary N) is 1. The van der Waals surface area contributed by atoms with E-state index in [4.69, 9.17) is 0 Å². The topological polar surface area (TPSA) is 12.0 Å². The van der Waals surface area contributed by atoms with Crippen molar-refractivity contribution in [3.63, 3.8) is 0 Å². The second kappa shape index (κ2) is 6.41. The molecule has 1 heterocycles. The van der Waals surface area contributed by atoms with E-state index in [0.29, 0.717) is 5.41 Å². The van der Waals surface area contributed by atoms with Crippen LogP contribution < -0.4 is 5.32 Å². The van der Waals surface area contributed by atoms with E-state index >= 15 is 0 Å². The van der Waals surface area contributed by atoms with Gasteiger partial charge in [0.05, 0.1) is 0 Å². The first-order valence-electron chi connectivity index (χ1n) is 6.26. The maximum absolute atomic E-state index is 3.49. The number of aryl methyl sites for hydroxylation is 1. The third-order valence-electron chi connectivity index (χ3n) is 3.23. The molecule has 1 nitrogen and oxygen atoms in total. The molecule has 0 aliphatic rings. The minimum Gasteiger partial charge on any atom is -0.317 e. The van der Waals surface area contributed by atoms with E-state index in [0.717, 1.165) is 19.0 Å². The van der Waals surface area contributed by atoms with E-state index in [9.17, 15) is 0 Å². The lowest BCUT2D eigenvalue weighted by Crippen LogP contribution is -2.32. The first-order valence-corrected chi connectivity index (χ1v) is 7.20. The summed E-state index contributed by atoms with van der Waals surface area (Å²) in [5.74, 6) is 0.757. The normalized spacial score (nSPS) is 14.0. The van der Waals surface area contributed by atoms with Gasteiger partial charge in [0, 0.05) is 0 Å². The number of hydrogen-bond acceptors (Lipinski definition) is 2. The molecule has 1 rings (SSSR count). The van der Waals surface area contributed by atoms with Gasteiger partial charge in [-0.15, -0.1) is 0 Å². The molecule has 0 fully saturated rings. The zero-order chi connectivity index (χ0) is 12.0. The maximum Gasteiger partial charge on any atom is -0.00155 e. The predicted octanol–water partition coefficient (Wildman–Crippen LogP) is 3.95. The van der Waals surface area contributed by atoms with Crippen molar-refractivity contribution in [2.45, 2.75) is 40.5 Å². The van der Waals surface area contributed by atoms with Crippen LogP contribution in [0.2, 0.25) is 0 Å². The van der Waals surface area contributed by atoms with Crippen molar-refractivity contribution < 1.29 is 0 Å². The van der Waals surface area contributed by atoms with Gasteiger partial charge in [-0.25, -0.2) is 0 Å². The molecule has 0 bridgehead atoms. The molecular weight excluding hydrogens is 214 g/mol. The molecule has 1 unspecified atom stereocenters. The third-order valence-corrected chi connectivity index (χ3v) is 3.96. The Labute approximate surface area is 104 Å². The van der Waals surface area contributed by atoms with Crippen LogP contribution in [0.3, 0.4) is 0 Å². The molecule has 0 saturated heterocycles. The molecular formula is C14H25NS. The second-order valence-corrected chi connectivity index (χ2v) is 6.32. The van der Waals surface area contributed by atoms with Crippen LogP contribution in [-0.4, -0.2) is 13.1 Å². The molecule has 0 saturated carbocycles. The van der Waals surface area contributed by atoms with E-state index in [1.54, 1.807) is 11.3 Å². The average molecular weight is 239 g/mol. The molecule has 1 aromatic rings. The molecule has 1 aromatic heterocycles. The summed E-state index contributed by atoms with van der Waals surface area (Å²) in [6.45, 7) is 11.4. The largest absolute Gasteiger partial charge is 0.317 e. The number of hydrogen-bond donors (Lipinski definition) is 1. The van der Waals surface area contributed by atoms with Gasteiger partial charge in [-0.3, -0.25) is 0 Å². The summed E-state index contributed by atoms with van der Waals surface area (Å²) in [7, 11) is 0. The SMILES string of the molecule is CCNCC(CCc1ccsc1)C(C)(C)C. The van der Waals surface area contributed by atoms with Crippen molar-refractivity contribution in [1.29, 1.82) is 0 Å². The van der Waals surface area contributed by atoms with Gasteiger partial charge in [-0.1, -0.05) is 27.7 Å². The Bertz CT molecular complexity index is 271. The summed E-state index contributed by atoms with van der Waals surface area (Å²) in [5, 5.41) is 7.93. The fraction of sp³-hybridized carbons (Fsp3) is 0.714. The summed E-state index contributed by atoms with van der Waals surface area (Å²) < 4.78 is 0. The Balaban J connectivity index is 2.44. The minimum atomic E-state index is 0.401. The van der Waals surface area contributed by atoms with Crippen LogP contribution in [0.15, 0.2) is 16.8 Å². The third kappa shape index (κ3) is 4.67. The van der Waals surface area contributed by atoms with Crippen LogP contribution in [-0.2, 0) is 6.42 Å². The van der Waals surface area contributed by atoms with Gasteiger partial charge in [0.25, 0.3) is 0 Å². The van der Waals surface area contributed by atoms with Gasteiger partial charge in [0.15, 0.2) is 0 Å². The lowest BCUT2D eigenvalue weighted by Gasteiger charge is -2.31. The first kappa shape index (κ1) is 13.7. The standard InChI is InChI=1S/C14H25NS/c1-5-15-10-13(14(2,3)4)7-6-12-8-9-16-11-12/h8-9,11,13,15H,5-7,10H2,1-4H3. The van der Waals surface area contributed by atoms with E-state index in [1.807, 2.05) is 0 Å². The monoisotopic (exact) mass is 239 g/mol. The average Bonchev–Trinajstić information content (AvgIpc) is 2.68. The smallest absolute Gasteiger partial charge is 0.00155 e. The number of rotatable bonds is 6. The highest BCUT2D eigenvalue weighted by molar-refractivity contribution is 7.07. The van der Waals surface area contributed by atoms with Crippen LogP contribution in [0.25, 0.3) is 0 Å². The van der Waals surface area contributed by atoms with Gasteiger partial charge in [-0.2, -0.15) is 11.3 Å². The maximum atomic E-state index is 3.49. The van der Waals surface area contributed by atoms with Gasteiger partial charge in [-0.05, 0) is 59.7 Å². The first-order chi connectivity index (χ1) is 7.54. The Hall–Kier alpha value is -0.340. The zero-order valence-corrected chi connectivity index (χ0v) is 11.9. The van der Waals surface area contributed by atoms with Crippen LogP contribution in [0.1, 0.15) is 39.7 Å². The van der Waals surface area contributed by atoms with Crippen molar-refractivity contribution >= 4 is 11.3 Å².